The molecule has 0 amide bonds. The molecule has 1 aliphatic carbocycles. The van der Waals surface area contributed by atoms with E-state index in [-0.39, 0.29) is 17.5 Å². The first kappa shape index (κ1) is 18.6. The van der Waals surface area contributed by atoms with Crippen LogP contribution >= 0.6 is 0 Å². The zero-order chi connectivity index (χ0) is 18.5. The summed E-state index contributed by atoms with van der Waals surface area (Å²) in [6.45, 7) is 4.28. The highest BCUT2D eigenvalue weighted by Gasteiger charge is 2.23. The summed E-state index contributed by atoms with van der Waals surface area (Å²) in [7, 11) is 0. The van der Waals surface area contributed by atoms with Gasteiger partial charge in [0, 0.05) is 0 Å². The SMILES string of the molecule is C/C=C/C1CCC(c2ccc(-c3ccc(OCC)c(F)c3)cc2F)CC1. The molecule has 2 aromatic rings. The summed E-state index contributed by atoms with van der Waals surface area (Å²) >= 11 is 0. The van der Waals surface area contributed by atoms with Crippen molar-refractivity contribution in [1.82, 2.24) is 0 Å². The summed E-state index contributed by atoms with van der Waals surface area (Å²) in [5.74, 6) is 0.529. The van der Waals surface area contributed by atoms with Crippen LogP contribution in [0.15, 0.2) is 48.6 Å². The molecule has 0 aliphatic heterocycles. The van der Waals surface area contributed by atoms with Gasteiger partial charge in [-0.1, -0.05) is 30.4 Å². The van der Waals surface area contributed by atoms with Crippen LogP contribution in [0, 0.1) is 17.6 Å². The van der Waals surface area contributed by atoms with Crippen LogP contribution in [-0.2, 0) is 0 Å². The Kier molecular flexibility index (Phi) is 6.08. The third-order valence-electron chi connectivity index (χ3n) is 5.24. The lowest BCUT2D eigenvalue weighted by molar-refractivity contribution is 0.321. The van der Waals surface area contributed by atoms with E-state index < -0.39 is 5.82 Å². The molecule has 1 aliphatic rings. The van der Waals surface area contributed by atoms with Crippen molar-refractivity contribution in [3.8, 4) is 16.9 Å². The van der Waals surface area contributed by atoms with E-state index in [1.165, 1.54) is 12.1 Å². The highest BCUT2D eigenvalue weighted by molar-refractivity contribution is 5.65. The molecule has 3 heteroatoms. The van der Waals surface area contributed by atoms with Gasteiger partial charge in [-0.25, -0.2) is 8.78 Å². The largest absolute Gasteiger partial charge is 0.491 e. The Morgan fingerprint density at radius 2 is 1.62 bits per heavy atom. The normalized spacial score (nSPS) is 20.5. The van der Waals surface area contributed by atoms with E-state index >= 15 is 0 Å². The fraction of sp³-hybridized carbons (Fsp3) is 0.391. The molecule has 0 aromatic heterocycles. The summed E-state index contributed by atoms with van der Waals surface area (Å²) in [6.07, 6.45) is 8.62. The number of ether oxygens (including phenoxy) is 1. The van der Waals surface area contributed by atoms with Crippen LogP contribution in [-0.4, -0.2) is 6.61 Å². The van der Waals surface area contributed by atoms with Gasteiger partial charge >= 0.3 is 0 Å². The molecule has 1 fully saturated rings. The van der Waals surface area contributed by atoms with Gasteiger partial charge in [-0.2, -0.15) is 0 Å². The molecule has 0 radical (unpaired) electrons. The van der Waals surface area contributed by atoms with Crippen LogP contribution in [0.1, 0.15) is 51.0 Å². The maximum Gasteiger partial charge on any atom is 0.165 e. The maximum atomic E-state index is 14.7. The number of hydrogen-bond acceptors (Lipinski definition) is 1. The maximum absolute atomic E-state index is 14.7. The standard InChI is InChI=1S/C23H26F2O/c1-3-5-16-6-8-17(9-7-16)20-12-10-18(14-21(20)24)19-11-13-23(26-4-2)22(25)15-19/h3,5,10-17H,4,6-9H2,1-2H3/b5-3+. The third kappa shape index (κ3) is 4.14. The predicted octanol–water partition coefficient (Wildman–Crippen LogP) is 6.88. The highest BCUT2D eigenvalue weighted by atomic mass is 19.1. The minimum atomic E-state index is -0.420. The minimum absolute atomic E-state index is 0.189. The molecule has 138 valence electrons. The van der Waals surface area contributed by atoms with Crippen LogP contribution in [0.5, 0.6) is 5.75 Å². The molecular weight excluding hydrogens is 330 g/mol. The van der Waals surface area contributed by atoms with E-state index in [0.717, 1.165) is 31.2 Å². The van der Waals surface area contributed by atoms with Crippen LogP contribution in [0.25, 0.3) is 11.1 Å². The van der Waals surface area contributed by atoms with Crippen molar-refractivity contribution in [3.05, 3.63) is 65.7 Å². The fourth-order valence-electron chi connectivity index (χ4n) is 3.89. The summed E-state index contributed by atoms with van der Waals surface area (Å²) in [5, 5.41) is 0. The minimum Gasteiger partial charge on any atom is -0.491 e. The van der Waals surface area contributed by atoms with E-state index in [0.29, 0.717) is 23.7 Å². The lowest BCUT2D eigenvalue weighted by Crippen LogP contribution is -2.12. The van der Waals surface area contributed by atoms with Crippen LogP contribution < -0.4 is 4.74 Å². The molecule has 0 unspecified atom stereocenters. The van der Waals surface area contributed by atoms with Crippen molar-refractivity contribution in [2.75, 3.05) is 6.61 Å². The molecule has 1 saturated carbocycles. The van der Waals surface area contributed by atoms with Crippen molar-refractivity contribution in [2.45, 2.75) is 45.4 Å². The molecule has 0 N–H and O–H groups in total. The molecule has 2 aromatic carbocycles. The number of allylic oxidation sites excluding steroid dienone is 2. The molecule has 0 atom stereocenters. The number of rotatable bonds is 5. The van der Waals surface area contributed by atoms with Gasteiger partial charge in [-0.3, -0.25) is 0 Å². The molecule has 0 bridgehead atoms. The first-order valence-corrected chi connectivity index (χ1v) is 9.47. The van der Waals surface area contributed by atoms with E-state index in [1.807, 2.05) is 26.0 Å². The summed E-state index contributed by atoms with van der Waals surface area (Å²) in [6, 6.07) is 10.1. The van der Waals surface area contributed by atoms with Gasteiger partial charge in [-0.15, -0.1) is 0 Å². The highest BCUT2D eigenvalue weighted by Crippen LogP contribution is 2.38. The zero-order valence-electron chi connectivity index (χ0n) is 15.5. The second kappa shape index (κ2) is 8.48. The quantitative estimate of drug-likeness (QED) is 0.531. The smallest absolute Gasteiger partial charge is 0.165 e. The third-order valence-corrected chi connectivity index (χ3v) is 5.24. The van der Waals surface area contributed by atoms with E-state index in [2.05, 4.69) is 12.2 Å². The van der Waals surface area contributed by atoms with Gasteiger partial charge < -0.3 is 4.74 Å². The Hall–Kier alpha value is -2.16. The molecule has 26 heavy (non-hydrogen) atoms. The zero-order valence-corrected chi connectivity index (χ0v) is 15.5. The summed E-state index contributed by atoms with van der Waals surface area (Å²) in [4.78, 5) is 0. The van der Waals surface area contributed by atoms with E-state index in [4.69, 9.17) is 4.74 Å². The van der Waals surface area contributed by atoms with Gasteiger partial charge in [0.15, 0.2) is 11.6 Å². The van der Waals surface area contributed by atoms with Crippen molar-refractivity contribution in [1.29, 1.82) is 0 Å². The van der Waals surface area contributed by atoms with Crippen LogP contribution in [0.4, 0.5) is 8.78 Å². The Bertz CT molecular complexity index is 774. The fourth-order valence-corrected chi connectivity index (χ4v) is 3.89. The first-order valence-electron chi connectivity index (χ1n) is 9.47. The Labute approximate surface area is 154 Å². The molecule has 3 rings (SSSR count). The summed E-state index contributed by atoms with van der Waals surface area (Å²) in [5.41, 5.74) is 2.14. The van der Waals surface area contributed by atoms with Crippen molar-refractivity contribution < 1.29 is 13.5 Å². The molecular formula is C23H26F2O. The average Bonchev–Trinajstić information content (AvgIpc) is 2.64. The number of benzene rings is 2. The second-order valence-corrected chi connectivity index (χ2v) is 6.95. The molecule has 1 nitrogen and oxygen atoms in total. The first-order chi connectivity index (χ1) is 12.6. The van der Waals surface area contributed by atoms with E-state index in [1.54, 1.807) is 12.1 Å². The Balaban J connectivity index is 1.77. The van der Waals surface area contributed by atoms with E-state index in [9.17, 15) is 8.78 Å². The molecule has 0 heterocycles. The Morgan fingerprint density at radius 1 is 0.962 bits per heavy atom. The molecule has 0 spiro atoms. The van der Waals surface area contributed by atoms with Crippen molar-refractivity contribution >= 4 is 0 Å². The molecule has 0 saturated heterocycles. The number of hydrogen-bond donors (Lipinski definition) is 0. The lowest BCUT2D eigenvalue weighted by Gasteiger charge is -2.27. The summed E-state index contributed by atoms with van der Waals surface area (Å²) < 4.78 is 34.0. The lowest BCUT2D eigenvalue weighted by atomic mass is 9.78. The van der Waals surface area contributed by atoms with Gasteiger partial charge in [0.25, 0.3) is 0 Å². The predicted molar refractivity (Wildman–Crippen MR) is 102 cm³/mol. The second-order valence-electron chi connectivity index (χ2n) is 6.95. The van der Waals surface area contributed by atoms with Crippen LogP contribution in [0.2, 0.25) is 0 Å². The monoisotopic (exact) mass is 356 g/mol. The number of halogens is 2. The van der Waals surface area contributed by atoms with Crippen molar-refractivity contribution in [3.63, 3.8) is 0 Å². The van der Waals surface area contributed by atoms with Gasteiger partial charge in [0.05, 0.1) is 6.61 Å². The van der Waals surface area contributed by atoms with Gasteiger partial charge in [-0.05, 0) is 86.3 Å². The topological polar surface area (TPSA) is 9.23 Å². The van der Waals surface area contributed by atoms with Gasteiger partial charge in [0.1, 0.15) is 5.82 Å². The Morgan fingerprint density at radius 3 is 2.19 bits per heavy atom. The van der Waals surface area contributed by atoms with Crippen molar-refractivity contribution in [2.24, 2.45) is 5.92 Å². The van der Waals surface area contributed by atoms with Gasteiger partial charge in [0.2, 0.25) is 0 Å². The average molecular weight is 356 g/mol. The van der Waals surface area contributed by atoms with Crippen LogP contribution in [0.3, 0.4) is 0 Å².